The zero-order chi connectivity index (χ0) is 18.0. The second kappa shape index (κ2) is 7.31. The number of rotatable bonds is 5. The van der Waals surface area contributed by atoms with E-state index in [1.807, 2.05) is 4.90 Å². The Morgan fingerprint density at radius 2 is 2.04 bits per heavy atom. The summed E-state index contributed by atoms with van der Waals surface area (Å²) < 4.78 is 13.7. The Morgan fingerprint density at radius 1 is 1.28 bits per heavy atom. The van der Waals surface area contributed by atoms with E-state index in [0.717, 1.165) is 12.8 Å². The molecular weight excluding hydrogens is 325 g/mol. The number of nitrogens with two attached hydrogens (primary N) is 1. The van der Waals surface area contributed by atoms with Crippen molar-refractivity contribution < 1.29 is 18.8 Å². The molecule has 2 atom stereocenters. The molecule has 3 rings (SSSR count). The van der Waals surface area contributed by atoms with Crippen molar-refractivity contribution in [2.45, 2.75) is 31.7 Å². The minimum Gasteiger partial charge on any atom is -0.369 e. The Labute approximate surface area is 145 Å². The van der Waals surface area contributed by atoms with E-state index in [0.29, 0.717) is 25.1 Å². The summed E-state index contributed by atoms with van der Waals surface area (Å²) in [6, 6.07) is 5.82. The van der Waals surface area contributed by atoms with Gasteiger partial charge in [0.05, 0.1) is 18.4 Å². The lowest BCUT2D eigenvalue weighted by Crippen LogP contribution is -2.49. The number of amides is 3. The topological polar surface area (TPSA) is 83.7 Å². The molecule has 0 radical (unpaired) electrons. The van der Waals surface area contributed by atoms with Gasteiger partial charge in [0.1, 0.15) is 5.82 Å². The highest BCUT2D eigenvalue weighted by Gasteiger charge is 2.43. The van der Waals surface area contributed by atoms with Crippen LogP contribution in [-0.2, 0) is 20.8 Å². The van der Waals surface area contributed by atoms with E-state index < -0.39 is 6.04 Å². The van der Waals surface area contributed by atoms with E-state index >= 15 is 0 Å². The Kier molecular flexibility index (Phi) is 5.13. The van der Waals surface area contributed by atoms with Crippen molar-refractivity contribution in [1.29, 1.82) is 0 Å². The summed E-state index contributed by atoms with van der Waals surface area (Å²) in [5.74, 6) is -1.47. The Morgan fingerprint density at radius 3 is 2.76 bits per heavy atom. The first-order valence-corrected chi connectivity index (χ1v) is 8.58. The zero-order valence-electron chi connectivity index (χ0n) is 14.0. The van der Waals surface area contributed by atoms with Crippen LogP contribution in [0, 0.1) is 11.7 Å². The van der Waals surface area contributed by atoms with Crippen molar-refractivity contribution in [2.75, 3.05) is 19.6 Å². The maximum atomic E-state index is 13.7. The molecule has 1 aromatic rings. The summed E-state index contributed by atoms with van der Waals surface area (Å²) in [5, 5.41) is 0. The minimum absolute atomic E-state index is 0.113. The second-order valence-corrected chi connectivity index (χ2v) is 6.68. The number of benzene rings is 1. The van der Waals surface area contributed by atoms with Crippen LogP contribution >= 0.6 is 0 Å². The molecule has 0 unspecified atom stereocenters. The summed E-state index contributed by atoms with van der Waals surface area (Å²) in [6.45, 7) is 1.26. The predicted molar refractivity (Wildman–Crippen MR) is 88.7 cm³/mol. The number of carbonyl (C=O) groups excluding carboxylic acids is 3. The fourth-order valence-electron chi connectivity index (χ4n) is 3.64. The smallest absolute Gasteiger partial charge is 0.247 e. The number of hydrogen-bond acceptors (Lipinski definition) is 4. The largest absolute Gasteiger partial charge is 0.369 e. The predicted octanol–water partition coefficient (Wildman–Crippen LogP) is 0.693. The maximum Gasteiger partial charge on any atom is 0.247 e. The third kappa shape index (κ3) is 3.71. The molecule has 2 N–H and O–H groups in total. The molecule has 2 aliphatic rings. The first-order chi connectivity index (χ1) is 12.0. The fourth-order valence-corrected chi connectivity index (χ4v) is 3.64. The van der Waals surface area contributed by atoms with Gasteiger partial charge < -0.3 is 5.73 Å². The zero-order valence-corrected chi connectivity index (χ0v) is 14.0. The molecule has 0 spiro atoms. The van der Waals surface area contributed by atoms with Crippen molar-refractivity contribution in [3.63, 3.8) is 0 Å². The van der Waals surface area contributed by atoms with Gasteiger partial charge in [-0.1, -0.05) is 18.2 Å². The second-order valence-electron chi connectivity index (χ2n) is 6.68. The van der Waals surface area contributed by atoms with Crippen molar-refractivity contribution in [3.05, 3.63) is 35.6 Å². The van der Waals surface area contributed by atoms with Gasteiger partial charge in [0.25, 0.3) is 0 Å². The fraction of sp³-hybridized carbons (Fsp3) is 0.500. The molecule has 2 fully saturated rings. The van der Waals surface area contributed by atoms with Crippen molar-refractivity contribution in [3.8, 4) is 0 Å². The number of imide groups is 1. The van der Waals surface area contributed by atoms with Crippen LogP contribution in [-0.4, -0.2) is 53.2 Å². The van der Waals surface area contributed by atoms with Crippen molar-refractivity contribution >= 4 is 17.7 Å². The van der Waals surface area contributed by atoms with Crippen LogP contribution in [0.4, 0.5) is 4.39 Å². The van der Waals surface area contributed by atoms with Crippen molar-refractivity contribution in [1.82, 2.24) is 9.80 Å². The van der Waals surface area contributed by atoms with Crippen LogP contribution in [0.15, 0.2) is 24.3 Å². The van der Waals surface area contributed by atoms with E-state index in [2.05, 4.69) is 0 Å². The van der Waals surface area contributed by atoms with E-state index in [1.54, 1.807) is 18.2 Å². The summed E-state index contributed by atoms with van der Waals surface area (Å²) in [7, 11) is 0. The van der Waals surface area contributed by atoms with Crippen LogP contribution in [0.5, 0.6) is 0 Å². The van der Waals surface area contributed by atoms with Crippen LogP contribution in [0.3, 0.4) is 0 Å². The van der Waals surface area contributed by atoms with Gasteiger partial charge in [-0.25, -0.2) is 4.39 Å². The number of nitrogens with zero attached hydrogens (tertiary/aromatic N) is 2. The first-order valence-electron chi connectivity index (χ1n) is 8.58. The average Bonchev–Trinajstić information content (AvgIpc) is 2.89. The molecule has 2 heterocycles. The quantitative estimate of drug-likeness (QED) is 0.795. The van der Waals surface area contributed by atoms with Gasteiger partial charge in [0.15, 0.2) is 0 Å². The van der Waals surface area contributed by atoms with E-state index in [4.69, 9.17) is 5.73 Å². The van der Waals surface area contributed by atoms with E-state index in [-0.39, 0.29) is 42.4 Å². The molecule has 134 valence electrons. The summed E-state index contributed by atoms with van der Waals surface area (Å²) in [6.07, 6.45) is 1.90. The van der Waals surface area contributed by atoms with Gasteiger partial charge in [-0.05, 0) is 37.4 Å². The molecule has 0 aromatic heterocycles. The van der Waals surface area contributed by atoms with Gasteiger partial charge in [-0.2, -0.15) is 0 Å². The number of hydrogen-bond donors (Lipinski definition) is 1. The molecule has 2 aliphatic heterocycles. The van der Waals surface area contributed by atoms with E-state index in [9.17, 15) is 18.8 Å². The average molecular weight is 347 g/mol. The van der Waals surface area contributed by atoms with Crippen LogP contribution in [0.1, 0.15) is 24.8 Å². The Balaban J connectivity index is 1.64. The van der Waals surface area contributed by atoms with Crippen LogP contribution < -0.4 is 5.73 Å². The molecular formula is C18H22FN3O3. The number of primary amides is 1. The normalized spacial score (nSPS) is 24.8. The molecule has 6 nitrogen and oxygen atoms in total. The molecule has 0 saturated carbocycles. The monoisotopic (exact) mass is 347 g/mol. The van der Waals surface area contributed by atoms with Gasteiger partial charge >= 0.3 is 0 Å². The van der Waals surface area contributed by atoms with Crippen LogP contribution in [0.2, 0.25) is 0 Å². The highest BCUT2D eigenvalue weighted by molar-refractivity contribution is 6.05. The highest BCUT2D eigenvalue weighted by atomic mass is 19.1. The van der Waals surface area contributed by atoms with Gasteiger partial charge in [-0.3, -0.25) is 24.2 Å². The minimum atomic E-state index is -0.532. The summed E-state index contributed by atoms with van der Waals surface area (Å²) in [5.41, 5.74) is 5.86. The van der Waals surface area contributed by atoms with Gasteiger partial charge in [-0.15, -0.1) is 0 Å². The lowest BCUT2D eigenvalue weighted by atomic mass is 9.96. The molecule has 25 heavy (non-hydrogen) atoms. The standard InChI is InChI=1S/C18H22FN3O3/c19-14-6-2-1-4-12(14)7-9-22-16(23)10-15(18(22)25)21-8-3-5-13(11-21)17(20)24/h1-2,4,6,13,15H,3,5,7-11H2,(H2,20,24)/t13-,15-/m1/s1. The Bertz CT molecular complexity index is 694. The van der Waals surface area contributed by atoms with E-state index in [1.165, 1.54) is 11.0 Å². The third-order valence-electron chi connectivity index (χ3n) is 5.08. The molecule has 2 saturated heterocycles. The lowest BCUT2D eigenvalue weighted by Gasteiger charge is -2.34. The first kappa shape index (κ1) is 17.5. The van der Waals surface area contributed by atoms with Crippen molar-refractivity contribution in [2.24, 2.45) is 11.7 Å². The number of piperidine rings is 1. The number of likely N-dealkylation sites (tertiary alicyclic amines) is 2. The van der Waals surface area contributed by atoms with Gasteiger partial charge in [0.2, 0.25) is 17.7 Å². The highest BCUT2D eigenvalue weighted by Crippen LogP contribution is 2.25. The third-order valence-corrected chi connectivity index (χ3v) is 5.08. The maximum absolute atomic E-state index is 13.7. The summed E-state index contributed by atoms with van der Waals surface area (Å²) in [4.78, 5) is 39.4. The molecule has 0 bridgehead atoms. The molecule has 1 aromatic carbocycles. The number of halogens is 1. The summed E-state index contributed by atoms with van der Waals surface area (Å²) >= 11 is 0. The number of carbonyl (C=O) groups is 3. The molecule has 0 aliphatic carbocycles. The molecule has 3 amide bonds. The lowest BCUT2D eigenvalue weighted by molar-refractivity contribution is -0.140. The van der Waals surface area contributed by atoms with Crippen LogP contribution in [0.25, 0.3) is 0 Å². The molecule has 7 heteroatoms. The SMILES string of the molecule is NC(=O)[C@@H]1CCCN([C@@H]2CC(=O)N(CCc3ccccc3F)C2=O)C1. The Hall–Kier alpha value is -2.28. The van der Waals surface area contributed by atoms with Gasteiger partial charge in [0, 0.05) is 13.1 Å².